The monoisotopic (exact) mass is 378 g/mol. The van der Waals surface area contributed by atoms with E-state index in [1.807, 2.05) is 68.6 Å². The zero-order valence-electron chi connectivity index (χ0n) is 15.7. The van der Waals surface area contributed by atoms with Crippen LogP contribution in [-0.2, 0) is 4.79 Å². The molecule has 3 rings (SSSR count). The highest BCUT2D eigenvalue weighted by atomic mass is 32.1. The normalized spacial score (nSPS) is 10.6. The van der Waals surface area contributed by atoms with Gasteiger partial charge in [0.25, 0.3) is 0 Å². The summed E-state index contributed by atoms with van der Waals surface area (Å²) in [7, 11) is 0. The molecule has 0 atom stereocenters. The molecule has 0 fully saturated rings. The lowest BCUT2D eigenvalue weighted by Crippen LogP contribution is -2.13. The minimum absolute atomic E-state index is 0.0116. The van der Waals surface area contributed by atoms with Crippen molar-refractivity contribution in [2.24, 2.45) is 0 Å². The topological polar surface area (TPSA) is 59.1 Å². The molecule has 1 N–H and O–H groups in total. The van der Waals surface area contributed by atoms with Gasteiger partial charge in [0.2, 0.25) is 5.91 Å². The van der Waals surface area contributed by atoms with Gasteiger partial charge in [-0.2, -0.15) is 0 Å². The Kier molecular flexibility index (Phi) is 5.81. The first-order valence-electron chi connectivity index (χ1n) is 8.85. The highest BCUT2D eigenvalue weighted by Crippen LogP contribution is 2.23. The van der Waals surface area contributed by atoms with Crippen LogP contribution in [0.1, 0.15) is 39.3 Å². The molecule has 2 aromatic carbocycles. The van der Waals surface area contributed by atoms with Crippen LogP contribution in [0.5, 0.6) is 0 Å². The summed E-state index contributed by atoms with van der Waals surface area (Å²) in [6.07, 6.45) is 0.364. The largest absolute Gasteiger partial charge is 0.326 e. The second-order valence-electron chi connectivity index (χ2n) is 6.60. The van der Waals surface area contributed by atoms with Crippen molar-refractivity contribution in [3.8, 4) is 11.3 Å². The molecule has 0 bridgehead atoms. The predicted molar refractivity (Wildman–Crippen MR) is 110 cm³/mol. The fourth-order valence-corrected chi connectivity index (χ4v) is 3.35. The van der Waals surface area contributed by atoms with E-state index in [-0.39, 0.29) is 24.5 Å². The number of aryl methyl sites for hydroxylation is 3. The molecular formula is C22H22N2O2S. The number of hydrogen-bond donors (Lipinski definition) is 1. The van der Waals surface area contributed by atoms with E-state index in [2.05, 4.69) is 10.3 Å². The molecule has 0 saturated carbocycles. The third-order valence-electron chi connectivity index (χ3n) is 4.49. The van der Waals surface area contributed by atoms with Crippen LogP contribution in [0.15, 0.2) is 47.8 Å². The number of nitrogens with zero attached hydrogens (tertiary/aromatic N) is 1. The number of amides is 1. The number of anilines is 1. The quantitative estimate of drug-likeness (QED) is 0.589. The number of Topliss-reactive ketones (excluding diaryl/α,β-unsaturated/α-hetero) is 1. The van der Waals surface area contributed by atoms with Gasteiger partial charge in [-0.1, -0.05) is 24.3 Å². The molecule has 0 saturated heterocycles. The zero-order chi connectivity index (χ0) is 19.4. The van der Waals surface area contributed by atoms with Crippen LogP contribution in [0.4, 0.5) is 5.69 Å². The van der Waals surface area contributed by atoms with Crippen LogP contribution < -0.4 is 5.32 Å². The number of benzene rings is 2. The van der Waals surface area contributed by atoms with Crippen molar-refractivity contribution in [2.45, 2.75) is 33.6 Å². The lowest BCUT2D eigenvalue weighted by molar-refractivity contribution is -0.116. The number of aromatic nitrogens is 1. The molecule has 5 heteroatoms. The van der Waals surface area contributed by atoms with Gasteiger partial charge in [0, 0.05) is 35.0 Å². The van der Waals surface area contributed by atoms with E-state index in [4.69, 9.17) is 0 Å². The Hall–Kier alpha value is -2.79. The molecule has 3 aromatic rings. The minimum atomic E-state index is -0.163. The van der Waals surface area contributed by atoms with Crippen molar-refractivity contribution < 1.29 is 9.59 Å². The van der Waals surface area contributed by atoms with Crippen molar-refractivity contribution >= 4 is 28.7 Å². The van der Waals surface area contributed by atoms with Gasteiger partial charge >= 0.3 is 0 Å². The van der Waals surface area contributed by atoms with Gasteiger partial charge in [0.05, 0.1) is 10.7 Å². The lowest BCUT2D eigenvalue weighted by Gasteiger charge is -2.07. The van der Waals surface area contributed by atoms with Crippen LogP contribution in [0.25, 0.3) is 11.3 Å². The van der Waals surface area contributed by atoms with Crippen LogP contribution in [0.3, 0.4) is 0 Å². The first-order chi connectivity index (χ1) is 12.9. The number of carbonyl (C=O) groups is 2. The van der Waals surface area contributed by atoms with Gasteiger partial charge in [-0.05, 0) is 50.1 Å². The molecule has 0 radical (unpaired) electrons. The van der Waals surface area contributed by atoms with Gasteiger partial charge in [-0.25, -0.2) is 4.98 Å². The Morgan fingerprint density at radius 1 is 0.963 bits per heavy atom. The van der Waals surface area contributed by atoms with E-state index < -0.39 is 0 Å². The maximum absolute atomic E-state index is 12.3. The second-order valence-corrected chi connectivity index (χ2v) is 7.66. The summed E-state index contributed by atoms with van der Waals surface area (Å²) in [4.78, 5) is 28.9. The average molecular weight is 378 g/mol. The Bertz CT molecular complexity index is 974. The molecule has 0 spiro atoms. The molecule has 4 nitrogen and oxygen atoms in total. The van der Waals surface area contributed by atoms with E-state index in [9.17, 15) is 9.59 Å². The third-order valence-corrected chi connectivity index (χ3v) is 5.26. The SMILES string of the molecule is Cc1nc(-c2ccc(NC(=O)CCC(=O)c3ccc(C)c(C)c3)cc2)cs1. The fourth-order valence-electron chi connectivity index (χ4n) is 2.73. The van der Waals surface area contributed by atoms with Crippen molar-refractivity contribution in [1.82, 2.24) is 4.98 Å². The summed E-state index contributed by atoms with van der Waals surface area (Å²) < 4.78 is 0. The van der Waals surface area contributed by atoms with E-state index in [0.29, 0.717) is 11.3 Å². The summed E-state index contributed by atoms with van der Waals surface area (Å²) in [6.45, 7) is 5.97. The van der Waals surface area contributed by atoms with Gasteiger partial charge in [-0.3, -0.25) is 9.59 Å². The van der Waals surface area contributed by atoms with Crippen LogP contribution >= 0.6 is 11.3 Å². The maximum atomic E-state index is 12.3. The Morgan fingerprint density at radius 3 is 2.33 bits per heavy atom. The number of thiazole rings is 1. The summed E-state index contributed by atoms with van der Waals surface area (Å²) in [5, 5.41) is 5.88. The molecule has 138 valence electrons. The van der Waals surface area contributed by atoms with Crippen LogP contribution in [0, 0.1) is 20.8 Å². The number of ketones is 1. The molecule has 0 unspecified atom stereocenters. The molecule has 0 aliphatic heterocycles. The first-order valence-corrected chi connectivity index (χ1v) is 9.73. The standard InChI is InChI=1S/C22H22N2O2S/c1-14-4-5-18(12-15(14)2)21(25)10-11-22(26)24-19-8-6-17(7-9-19)20-13-27-16(3)23-20/h4-9,12-13H,10-11H2,1-3H3,(H,24,26). The molecule has 27 heavy (non-hydrogen) atoms. The van der Waals surface area contributed by atoms with E-state index in [0.717, 1.165) is 27.4 Å². The fraction of sp³-hybridized carbons (Fsp3) is 0.227. The minimum Gasteiger partial charge on any atom is -0.326 e. The van der Waals surface area contributed by atoms with E-state index >= 15 is 0 Å². The van der Waals surface area contributed by atoms with Crippen molar-refractivity contribution in [3.63, 3.8) is 0 Å². The Balaban J connectivity index is 1.54. The zero-order valence-corrected chi connectivity index (χ0v) is 16.5. The predicted octanol–water partition coefficient (Wildman–Crippen LogP) is 5.34. The van der Waals surface area contributed by atoms with Crippen molar-refractivity contribution in [2.75, 3.05) is 5.32 Å². The highest BCUT2D eigenvalue weighted by molar-refractivity contribution is 7.09. The summed E-state index contributed by atoms with van der Waals surface area (Å²) >= 11 is 1.61. The van der Waals surface area contributed by atoms with Gasteiger partial charge < -0.3 is 5.32 Å². The summed E-state index contributed by atoms with van der Waals surface area (Å²) in [6, 6.07) is 13.2. The maximum Gasteiger partial charge on any atom is 0.224 e. The van der Waals surface area contributed by atoms with E-state index in [1.165, 1.54) is 0 Å². The lowest BCUT2D eigenvalue weighted by atomic mass is 10.0. The Labute approximate surface area is 163 Å². The third kappa shape index (κ3) is 4.89. The number of rotatable bonds is 6. The molecule has 1 amide bonds. The van der Waals surface area contributed by atoms with Crippen LogP contribution in [0.2, 0.25) is 0 Å². The summed E-state index contributed by atoms with van der Waals surface area (Å²) in [5.41, 5.74) is 5.57. The van der Waals surface area contributed by atoms with E-state index in [1.54, 1.807) is 11.3 Å². The van der Waals surface area contributed by atoms with Crippen molar-refractivity contribution in [1.29, 1.82) is 0 Å². The van der Waals surface area contributed by atoms with Crippen LogP contribution in [-0.4, -0.2) is 16.7 Å². The molecule has 1 aromatic heterocycles. The molecule has 1 heterocycles. The number of nitrogens with one attached hydrogen (secondary N) is 1. The van der Waals surface area contributed by atoms with Gasteiger partial charge in [0.15, 0.2) is 5.78 Å². The summed E-state index contributed by atoms with van der Waals surface area (Å²) in [5.74, 6) is -0.174. The van der Waals surface area contributed by atoms with Gasteiger partial charge in [0.1, 0.15) is 0 Å². The average Bonchev–Trinajstić information content (AvgIpc) is 3.09. The first kappa shape index (κ1) is 19.0. The number of carbonyl (C=O) groups excluding carboxylic acids is 2. The molecule has 0 aliphatic carbocycles. The van der Waals surface area contributed by atoms with Crippen molar-refractivity contribution in [3.05, 3.63) is 69.5 Å². The van der Waals surface area contributed by atoms with Gasteiger partial charge in [-0.15, -0.1) is 11.3 Å². The number of hydrogen-bond acceptors (Lipinski definition) is 4. The Morgan fingerprint density at radius 2 is 1.70 bits per heavy atom. The smallest absolute Gasteiger partial charge is 0.224 e. The molecular weight excluding hydrogens is 356 g/mol. The highest BCUT2D eigenvalue weighted by Gasteiger charge is 2.11. The second kappa shape index (κ2) is 8.27. The molecule has 0 aliphatic rings.